The van der Waals surface area contributed by atoms with Crippen LogP contribution >= 0.6 is 0 Å². The second-order valence-electron chi connectivity index (χ2n) is 7.19. The first-order valence-electron chi connectivity index (χ1n) is 9.51. The van der Waals surface area contributed by atoms with E-state index in [4.69, 9.17) is 4.74 Å². The summed E-state index contributed by atoms with van der Waals surface area (Å²) >= 11 is 0. The second-order valence-corrected chi connectivity index (χ2v) is 7.19. The van der Waals surface area contributed by atoms with Gasteiger partial charge in [0.05, 0.1) is 13.2 Å². The fraction of sp³-hybridized carbons (Fsp3) is 0.650. The average Bonchev–Trinajstić information content (AvgIpc) is 3.11. The van der Waals surface area contributed by atoms with E-state index in [1.165, 1.54) is 23.1 Å². The van der Waals surface area contributed by atoms with Crippen molar-refractivity contribution in [2.45, 2.75) is 32.7 Å². The Hall–Kier alpha value is -1.59. The number of aliphatic imine (C=N–C) groups is 1. The summed E-state index contributed by atoms with van der Waals surface area (Å²) in [7, 11) is 1.89. The molecule has 1 aromatic carbocycles. The zero-order valence-electron chi connectivity index (χ0n) is 15.9. The van der Waals surface area contributed by atoms with Gasteiger partial charge in [-0.25, -0.2) is 0 Å². The lowest BCUT2D eigenvalue weighted by molar-refractivity contribution is 0.0195. The molecule has 2 aliphatic rings. The number of guanidine groups is 1. The van der Waals surface area contributed by atoms with Gasteiger partial charge in [0.25, 0.3) is 0 Å². The molecule has 0 aromatic heterocycles. The quantitative estimate of drug-likeness (QED) is 0.668. The first-order chi connectivity index (χ1) is 12.2. The molecule has 3 rings (SSSR count). The highest BCUT2D eigenvalue weighted by atomic mass is 16.5. The van der Waals surface area contributed by atoms with Gasteiger partial charge in [-0.1, -0.05) is 23.8 Å². The van der Waals surface area contributed by atoms with Crippen LogP contribution in [-0.2, 0) is 11.2 Å². The van der Waals surface area contributed by atoms with Crippen molar-refractivity contribution in [3.8, 4) is 0 Å². The van der Waals surface area contributed by atoms with E-state index in [-0.39, 0.29) is 0 Å². The molecule has 5 heteroatoms. The largest absolute Gasteiger partial charge is 0.379 e. The van der Waals surface area contributed by atoms with Crippen LogP contribution < -0.4 is 5.32 Å². The summed E-state index contributed by atoms with van der Waals surface area (Å²) in [5.74, 6) is 1.04. The van der Waals surface area contributed by atoms with Gasteiger partial charge >= 0.3 is 0 Å². The average molecular weight is 345 g/mol. The topological polar surface area (TPSA) is 40.1 Å². The Labute approximate surface area is 152 Å². The van der Waals surface area contributed by atoms with Crippen molar-refractivity contribution >= 4 is 5.96 Å². The number of nitrogens with one attached hydrogen (secondary N) is 1. The standard InChI is InChI=1S/C20H32N4O/c1-16-4-5-18(17(2)14-16)6-8-22-20(21-3)24-9-7-19(15-24)23-10-12-25-13-11-23/h4-5,14,19H,6-13,15H2,1-3H3,(H,21,22). The third-order valence-electron chi connectivity index (χ3n) is 5.41. The molecule has 1 unspecified atom stereocenters. The van der Waals surface area contributed by atoms with Gasteiger partial charge in [-0.2, -0.15) is 0 Å². The summed E-state index contributed by atoms with van der Waals surface area (Å²) in [4.78, 5) is 9.49. The zero-order valence-corrected chi connectivity index (χ0v) is 15.9. The van der Waals surface area contributed by atoms with Gasteiger partial charge in [0, 0.05) is 45.8 Å². The lowest BCUT2D eigenvalue weighted by Gasteiger charge is -2.32. The van der Waals surface area contributed by atoms with Gasteiger partial charge in [-0.3, -0.25) is 9.89 Å². The minimum atomic E-state index is 0.641. The first kappa shape index (κ1) is 18.2. The van der Waals surface area contributed by atoms with Crippen LogP contribution in [0.5, 0.6) is 0 Å². The van der Waals surface area contributed by atoms with E-state index in [1.54, 1.807) is 0 Å². The van der Waals surface area contributed by atoms with E-state index in [0.717, 1.165) is 58.3 Å². The minimum Gasteiger partial charge on any atom is -0.379 e. The number of ether oxygens (including phenoxy) is 1. The smallest absolute Gasteiger partial charge is 0.193 e. The number of aryl methyl sites for hydroxylation is 2. The molecule has 2 heterocycles. The second kappa shape index (κ2) is 8.68. The summed E-state index contributed by atoms with van der Waals surface area (Å²) in [6.07, 6.45) is 2.25. The molecule has 2 aliphatic heterocycles. The number of hydrogen-bond donors (Lipinski definition) is 1. The minimum absolute atomic E-state index is 0.641. The van der Waals surface area contributed by atoms with Crippen LogP contribution in [0.3, 0.4) is 0 Å². The molecule has 0 saturated carbocycles. The van der Waals surface area contributed by atoms with Crippen molar-refractivity contribution in [2.75, 3.05) is 53.0 Å². The molecular weight excluding hydrogens is 312 g/mol. The Kier molecular flexibility index (Phi) is 6.32. The summed E-state index contributed by atoms with van der Waals surface area (Å²) in [6, 6.07) is 7.35. The van der Waals surface area contributed by atoms with E-state index in [9.17, 15) is 0 Å². The molecule has 1 N–H and O–H groups in total. The zero-order chi connectivity index (χ0) is 17.6. The van der Waals surface area contributed by atoms with E-state index >= 15 is 0 Å². The first-order valence-corrected chi connectivity index (χ1v) is 9.51. The van der Waals surface area contributed by atoms with Gasteiger partial charge in [-0.15, -0.1) is 0 Å². The van der Waals surface area contributed by atoms with Crippen LogP contribution in [0.2, 0.25) is 0 Å². The molecule has 25 heavy (non-hydrogen) atoms. The molecule has 1 atom stereocenters. The van der Waals surface area contributed by atoms with Gasteiger partial charge in [0.15, 0.2) is 5.96 Å². The van der Waals surface area contributed by atoms with Gasteiger partial charge < -0.3 is 15.0 Å². The SMILES string of the molecule is CN=C(NCCc1ccc(C)cc1C)N1CCC(N2CCOCC2)C1. The highest BCUT2D eigenvalue weighted by molar-refractivity contribution is 5.80. The molecule has 138 valence electrons. The van der Waals surface area contributed by atoms with E-state index in [2.05, 4.69) is 52.2 Å². The number of benzene rings is 1. The van der Waals surface area contributed by atoms with Crippen molar-refractivity contribution in [3.05, 3.63) is 34.9 Å². The molecule has 2 saturated heterocycles. The van der Waals surface area contributed by atoms with Gasteiger partial charge in [-0.05, 0) is 37.8 Å². The van der Waals surface area contributed by atoms with Crippen LogP contribution in [0.25, 0.3) is 0 Å². The fourth-order valence-electron chi connectivity index (χ4n) is 3.94. The highest BCUT2D eigenvalue weighted by Crippen LogP contribution is 2.17. The van der Waals surface area contributed by atoms with Crippen LogP contribution in [0.4, 0.5) is 0 Å². The van der Waals surface area contributed by atoms with Crippen LogP contribution in [0.15, 0.2) is 23.2 Å². The lowest BCUT2D eigenvalue weighted by Crippen LogP contribution is -2.46. The van der Waals surface area contributed by atoms with Crippen molar-refractivity contribution in [1.82, 2.24) is 15.1 Å². The molecule has 0 bridgehead atoms. The summed E-state index contributed by atoms with van der Waals surface area (Å²) in [5.41, 5.74) is 4.13. The number of likely N-dealkylation sites (tertiary alicyclic amines) is 1. The Balaban J connectivity index is 1.48. The number of nitrogens with zero attached hydrogens (tertiary/aromatic N) is 3. The normalized spacial score (nSPS) is 22.4. The molecule has 0 radical (unpaired) electrons. The maximum absolute atomic E-state index is 5.48. The van der Waals surface area contributed by atoms with Gasteiger partial charge in [0.2, 0.25) is 0 Å². The molecule has 0 amide bonds. The number of morpholine rings is 1. The molecular formula is C20H32N4O. The Morgan fingerprint density at radius 3 is 2.76 bits per heavy atom. The van der Waals surface area contributed by atoms with Crippen LogP contribution in [0, 0.1) is 13.8 Å². The monoisotopic (exact) mass is 344 g/mol. The maximum atomic E-state index is 5.48. The van der Waals surface area contributed by atoms with Crippen molar-refractivity contribution in [1.29, 1.82) is 0 Å². The predicted octanol–water partition coefficient (Wildman–Crippen LogP) is 1.83. The summed E-state index contributed by atoms with van der Waals surface area (Å²) in [6.45, 7) is 11.3. The molecule has 5 nitrogen and oxygen atoms in total. The Morgan fingerprint density at radius 2 is 2.04 bits per heavy atom. The molecule has 2 fully saturated rings. The summed E-state index contributed by atoms with van der Waals surface area (Å²) < 4.78 is 5.48. The van der Waals surface area contributed by atoms with Gasteiger partial charge in [0.1, 0.15) is 0 Å². The van der Waals surface area contributed by atoms with E-state index in [0.29, 0.717) is 6.04 Å². The maximum Gasteiger partial charge on any atom is 0.193 e. The molecule has 1 aromatic rings. The Morgan fingerprint density at radius 1 is 1.24 bits per heavy atom. The van der Waals surface area contributed by atoms with Crippen molar-refractivity contribution in [3.63, 3.8) is 0 Å². The molecule has 0 spiro atoms. The number of hydrogen-bond acceptors (Lipinski definition) is 3. The van der Waals surface area contributed by atoms with E-state index in [1.807, 2.05) is 7.05 Å². The van der Waals surface area contributed by atoms with E-state index < -0.39 is 0 Å². The lowest BCUT2D eigenvalue weighted by atomic mass is 10.0. The Bertz CT molecular complexity index is 595. The van der Waals surface area contributed by atoms with Crippen molar-refractivity contribution in [2.24, 2.45) is 4.99 Å². The van der Waals surface area contributed by atoms with Crippen LogP contribution in [-0.4, -0.2) is 74.8 Å². The third kappa shape index (κ3) is 4.73. The fourth-order valence-corrected chi connectivity index (χ4v) is 3.94. The number of rotatable bonds is 4. The predicted molar refractivity (Wildman–Crippen MR) is 103 cm³/mol. The third-order valence-corrected chi connectivity index (χ3v) is 5.41. The summed E-state index contributed by atoms with van der Waals surface area (Å²) in [5, 5.41) is 3.56. The highest BCUT2D eigenvalue weighted by Gasteiger charge is 2.30. The van der Waals surface area contributed by atoms with Crippen LogP contribution in [0.1, 0.15) is 23.1 Å². The van der Waals surface area contributed by atoms with Crippen molar-refractivity contribution < 1.29 is 4.74 Å². The molecule has 0 aliphatic carbocycles.